The molecule has 0 bridgehead atoms. The SMILES string of the molecule is Cc1n[nH]c(C)c1[C@@H](NC(=O)c1c(C)c2cccc(C)c2n1C)C(=O)O. The number of benzene rings is 1. The Morgan fingerprint density at radius 3 is 2.46 bits per heavy atom. The second-order valence-electron chi connectivity index (χ2n) is 6.60. The average Bonchev–Trinajstić information content (AvgIpc) is 3.03. The molecule has 0 saturated heterocycles. The lowest BCUT2D eigenvalue weighted by Gasteiger charge is -2.16. The van der Waals surface area contributed by atoms with Gasteiger partial charge in [0.05, 0.1) is 11.2 Å². The van der Waals surface area contributed by atoms with Crippen LogP contribution in [0.15, 0.2) is 18.2 Å². The molecule has 0 saturated carbocycles. The minimum absolute atomic E-state index is 0.423. The van der Waals surface area contributed by atoms with Gasteiger partial charge in [0.1, 0.15) is 5.69 Å². The summed E-state index contributed by atoms with van der Waals surface area (Å²) in [6.45, 7) is 7.32. The van der Waals surface area contributed by atoms with Gasteiger partial charge in [-0.1, -0.05) is 18.2 Å². The van der Waals surface area contributed by atoms with Crippen LogP contribution in [0.25, 0.3) is 10.9 Å². The minimum atomic E-state index is -1.17. The standard InChI is InChI=1S/C19H22N4O3/c1-9-7-6-8-13-10(2)17(23(5)16(9)13)18(24)20-15(19(25)26)14-11(3)21-22-12(14)4/h6-8,15H,1-5H3,(H,20,24)(H,21,22)(H,25,26)/t15-/m1/s1. The average molecular weight is 354 g/mol. The Balaban J connectivity index is 2.06. The molecule has 3 N–H and O–H groups in total. The lowest BCUT2D eigenvalue weighted by Crippen LogP contribution is -2.35. The van der Waals surface area contributed by atoms with E-state index in [-0.39, 0.29) is 0 Å². The van der Waals surface area contributed by atoms with E-state index in [9.17, 15) is 14.7 Å². The van der Waals surface area contributed by atoms with Gasteiger partial charge in [0.25, 0.3) is 5.91 Å². The first-order valence-corrected chi connectivity index (χ1v) is 8.33. The van der Waals surface area contributed by atoms with E-state index in [2.05, 4.69) is 15.5 Å². The molecule has 0 aliphatic carbocycles. The van der Waals surface area contributed by atoms with Crippen molar-refractivity contribution in [2.24, 2.45) is 7.05 Å². The number of carboxylic acid groups (broad SMARTS) is 1. The van der Waals surface area contributed by atoms with Gasteiger partial charge in [-0.25, -0.2) is 4.79 Å². The summed E-state index contributed by atoms with van der Waals surface area (Å²) in [7, 11) is 1.82. The van der Waals surface area contributed by atoms with E-state index in [1.807, 2.05) is 43.7 Å². The van der Waals surface area contributed by atoms with E-state index in [0.717, 1.165) is 22.0 Å². The van der Waals surface area contributed by atoms with Crippen LogP contribution >= 0.6 is 0 Å². The highest BCUT2D eigenvalue weighted by Gasteiger charge is 2.29. The Morgan fingerprint density at radius 2 is 1.92 bits per heavy atom. The van der Waals surface area contributed by atoms with Crippen LogP contribution in [0.5, 0.6) is 0 Å². The van der Waals surface area contributed by atoms with E-state index in [1.54, 1.807) is 13.8 Å². The number of aromatic nitrogens is 3. The number of aromatic amines is 1. The first-order valence-electron chi connectivity index (χ1n) is 8.33. The normalized spacial score (nSPS) is 12.3. The molecule has 0 unspecified atom stereocenters. The van der Waals surface area contributed by atoms with Crippen LogP contribution in [-0.2, 0) is 11.8 Å². The molecule has 1 amide bonds. The predicted octanol–water partition coefficient (Wildman–Crippen LogP) is 2.69. The number of carbonyl (C=O) groups is 2. The summed E-state index contributed by atoms with van der Waals surface area (Å²) >= 11 is 0. The maximum atomic E-state index is 13.0. The highest BCUT2D eigenvalue weighted by Crippen LogP contribution is 2.28. The summed E-state index contributed by atoms with van der Waals surface area (Å²) in [6, 6.07) is 4.74. The van der Waals surface area contributed by atoms with Crippen molar-refractivity contribution in [3.63, 3.8) is 0 Å². The molecule has 7 heteroatoms. The lowest BCUT2D eigenvalue weighted by molar-refractivity contribution is -0.139. The molecule has 0 aliphatic heterocycles. The number of rotatable bonds is 4. The van der Waals surface area contributed by atoms with Crippen molar-refractivity contribution < 1.29 is 14.7 Å². The zero-order valence-electron chi connectivity index (χ0n) is 15.5. The number of nitrogens with zero attached hydrogens (tertiary/aromatic N) is 2. The number of hydrogen-bond donors (Lipinski definition) is 3. The van der Waals surface area contributed by atoms with Gasteiger partial charge in [0, 0.05) is 23.7 Å². The molecule has 0 radical (unpaired) electrons. The summed E-state index contributed by atoms with van der Waals surface area (Å²) in [5, 5.41) is 20.1. The fraction of sp³-hybridized carbons (Fsp3) is 0.316. The van der Waals surface area contributed by atoms with Crippen LogP contribution in [0.3, 0.4) is 0 Å². The molecule has 2 aromatic heterocycles. The number of fused-ring (bicyclic) bond motifs is 1. The van der Waals surface area contributed by atoms with Crippen LogP contribution in [0, 0.1) is 27.7 Å². The van der Waals surface area contributed by atoms with E-state index in [4.69, 9.17) is 0 Å². The smallest absolute Gasteiger partial charge is 0.331 e. The summed E-state index contributed by atoms with van der Waals surface area (Å²) in [4.78, 5) is 24.8. The maximum Gasteiger partial charge on any atom is 0.331 e. The fourth-order valence-electron chi connectivity index (χ4n) is 3.66. The van der Waals surface area contributed by atoms with Crippen molar-refractivity contribution in [2.75, 3.05) is 0 Å². The van der Waals surface area contributed by atoms with Crippen molar-refractivity contribution >= 4 is 22.8 Å². The van der Waals surface area contributed by atoms with Crippen LogP contribution in [0.1, 0.15) is 44.6 Å². The van der Waals surface area contributed by atoms with E-state index < -0.39 is 17.9 Å². The molecule has 0 spiro atoms. The Morgan fingerprint density at radius 1 is 1.23 bits per heavy atom. The van der Waals surface area contributed by atoms with E-state index in [0.29, 0.717) is 22.6 Å². The molecule has 1 aromatic carbocycles. The van der Waals surface area contributed by atoms with E-state index in [1.165, 1.54) is 0 Å². The third kappa shape index (κ3) is 2.65. The minimum Gasteiger partial charge on any atom is -0.479 e. The van der Waals surface area contributed by atoms with Gasteiger partial charge in [0.15, 0.2) is 6.04 Å². The highest BCUT2D eigenvalue weighted by atomic mass is 16.4. The highest BCUT2D eigenvalue weighted by molar-refractivity contribution is 6.03. The number of carboxylic acids is 1. The lowest BCUT2D eigenvalue weighted by atomic mass is 10.0. The maximum absolute atomic E-state index is 13.0. The van der Waals surface area contributed by atoms with Crippen molar-refractivity contribution in [1.82, 2.24) is 20.1 Å². The topological polar surface area (TPSA) is 100 Å². The molecule has 136 valence electrons. The van der Waals surface area contributed by atoms with Gasteiger partial charge in [-0.15, -0.1) is 0 Å². The molecule has 1 atom stereocenters. The molecular formula is C19H22N4O3. The van der Waals surface area contributed by atoms with Crippen molar-refractivity contribution in [2.45, 2.75) is 33.7 Å². The molecule has 3 aromatic rings. The van der Waals surface area contributed by atoms with Gasteiger partial charge in [-0.2, -0.15) is 5.10 Å². The van der Waals surface area contributed by atoms with Crippen molar-refractivity contribution in [3.8, 4) is 0 Å². The third-order valence-corrected chi connectivity index (χ3v) is 4.88. The quantitative estimate of drug-likeness (QED) is 0.670. The van der Waals surface area contributed by atoms with Gasteiger partial charge >= 0.3 is 5.97 Å². The zero-order chi connectivity index (χ0) is 19.2. The second kappa shape index (κ2) is 6.33. The van der Waals surface area contributed by atoms with E-state index >= 15 is 0 Å². The number of para-hydroxylation sites is 1. The number of aryl methyl sites for hydroxylation is 5. The Bertz CT molecular complexity index is 1010. The molecule has 0 fully saturated rings. The first kappa shape index (κ1) is 17.7. The number of amides is 1. The molecule has 2 heterocycles. The number of aliphatic carboxylic acids is 1. The van der Waals surface area contributed by atoms with Gasteiger partial charge in [-0.05, 0) is 38.8 Å². The third-order valence-electron chi connectivity index (χ3n) is 4.88. The number of H-pyrrole nitrogens is 1. The Labute approximate surface area is 151 Å². The van der Waals surface area contributed by atoms with Gasteiger partial charge < -0.3 is 15.0 Å². The number of hydrogen-bond acceptors (Lipinski definition) is 3. The summed E-state index contributed by atoms with van der Waals surface area (Å²) < 4.78 is 1.82. The number of nitrogens with one attached hydrogen (secondary N) is 2. The van der Waals surface area contributed by atoms with Gasteiger partial charge in [-0.3, -0.25) is 9.89 Å². The summed E-state index contributed by atoms with van der Waals surface area (Å²) in [5.74, 6) is -1.55. The number of carbonyl (C=O) groups excluding carboxylic acids is 1. The summed E-state index contributed by atoms with van der Waals surface area (Å²) in [5.41, 5.74) is 4.98. The van der Waals surface area contributed by atoms with Crippen molar-refractivity contribution in [1.29, 1.82) is 0 Å². The van der Waals surface area contributed by atoms with Crippen LogP contribution in [0.2, 0.25) is 0 Å². The molecule has 7 nitrogen and oxygen atoms in total. The first-order chi connectivity index (χ1) is 12.2. The zero-order valence-corrected chi connectivity index (χ0v) is 15.5. The Kier molecular flexibility index (Phi) is 4.31. The van der Waals surface area contributed by atoms with Crippen molar-refractivity contribution in [3.05, 3.63) is 52.0 Å². The van der Waals surface area contributed by atoms with Gasteiger partial charge in [0.2, 0.25) is 0 Å². The summed E-state index contributed by atoms with van der Waals surface area (Å²) in [6.07, 6.45) is 0. The fourth-order valence-corrected chi connectivity index (χ4v) is 3.66. The molecular weight excluding hydrogens is 332 g/mol. The molecule has 26 heavy (non-hydrogen) atoms. The Hall–Kier alpha value is -3.09. The largest absolute Gasteiger partial charge is 0.479 e. The van der Waals surface area contributed by atoms with Crippen LogP contribution < -0.4 is 5.32 Å². The monoisotopic (exact) mass is 354 g/mol. The second-order valence-corrected chi connectivity index (χ2v) is 6.60. The van der Waals surface area contributed by atoms with Crippen LogP contribution in [0.4, 0.5) is 0 Å². The van der Waals surface area contributed by atoms with Crippen LogP contribution in [-0.4, -0.2) is 31.7 Å². The predicted molar refractivity (Wildman–Crippen MR) is 98.3 cm³/mol. The molecule has 0 aliphatic rings. The molecule has 3 rings (SSSR count).